The number of hydrogen-bond donors (Lipinski definition) is 0. The number of ether oxygens (including phenoxy) is 5. The third-order valence-corrected chi connectivity index (χ3v) is 5.45. The van der Waals surface area contributed by atoms with Gasteiger partial charge in [0.25, 0.3) is 0 Å². The van der Waals surface area contributed by atoms with Crippen molar-refractivity contribution in [2.45, 2.75) is 26.2 Å². The van der Waals surface area contributed by atoms with Gasteiger partial charge in [-0.25, -0.2) is 14.4 Å². The van der Waals surface area contributed by atoms with Crippen molar-refractivity contribution in [3.8, 4) is 23.0 Å². The van der Waals surface area contributed by atoms with Gasteiger partial charge in [0.1, 0.15) is 11.5 Å². The average molecular weight is 519 g/mol. The molecular weight excluding hydrogens is 488 g/mol. The molecule has 0 fully saturated rings. The molecule has 0 aliphatic heterocycles. The maximum absolute atomic E-state index is 12.7. The molecule has 8 heteroatoms. The van der Waals surface area contributed by atoms with Gasteiger partial charge < -0.3 is 23.7 Å². The minimum atomic E-state index is -0.592. The van der Waals surface area contributed by atoms with Crippen molar-refractivity contribution in [1.29, 1.82) is 0 Å². The fourth-order valence-corrected chi connectivity index (χ4v) is 3.31. The molecule has 3 aromatic carbocycles. The molecule has 198 valence electrons. The molecule has 0 amide bonds. The van der Waals surface area contributed by atoms with E-state index in [1.165, 1.54) is 25.3 Å². The van der Waals surface area contributed by atoms with Crippen LogP contribution in [0.25, 0.3) is 0 Å². The van der Waals surface area contributed by atoms with Crippen molar-refractivity contribution >= 4 is 17.9 Å². The highest BCUT2D eigenvalue weighted by molar-refractivity contribution is 5.93. The van der Waals surface area contributed by atoms with Crippen LogP contribution in [0.15, 0.2) is 79.4 Å². The Kier molecular flexibility index (Phi) is 10.5. The summed E-state index contributed by atoms with van der Waals surface area (Å²) in [5, 5.41) is 0. The summed E-state index contributed by atoms with van der Waals surface area (Å²) in [5.41, 5.74) is 1.71. The zero-order valence-electron chi connectivity index (χ0n) is 21.4. The molecule has 0 bridgehead atoms. The Morgan fingerprint density at radius 3 is 2.05 bits per heavy atom. The third-order valence-electron chi connectivity index (χ3n) is 5.45. The van der Waals surface area contributed by atoms with Crippen LogP contribution in [0, 0.1) is 0 Å². The summed E-state index contributed by atoms with van der Waals surface area (Å²) in [5.74, 6) is -0.189. The summed E-state index contributed by atoms with van der Waals surface area (Å²) >= 11 is 0. The second-order valence-corrected chi connectivity index (χ2v) is 8.09. The summed E-state index contributed by atoms with van der Waals surface area (Å²) < 4.78 is 26.8. The molecule has 0 aromatic heterocycles. The smallest absolute Gasteiger partial charge is 0.343 e. The van der Waals surface area contributed by atoms with E-state index < -0.39 is 17.9 Å². The minimum absolute atomic E-state index is 0.166. The molecular formula is C30H30O8. The lowest BCUT2D eigenvalue weighted by molar-refractivity contribution is -0.137. The topological polar surface area (TPSA) is 97.4 Å². The van der Waals surface area contributed by atoms with Crippen LogP contribution < -0.4 is 18.9 Å². The Labute approximate surface area is 221 Å². The number of carbonyl (C=O) groups excluding carboxylic acids is 3. The summed E-state index contributed by atoms with van der Waals surface area (Å²) in [6.45, 7) is 6.12. The molecule has 0 spiro atoms. The maximum atomic E-state index is 12.7. The van der Waals surface area contributed by atoms with Gasteiger partial charge in [0.05, 0.1) is 31.5 Å². The zero-order valence-corrected chi connectivity index (χ0v) is 21.4. The van der Waals surface area contributed by atoms with Crippen molar-refractivity contribution in [3.63, 3.8) is 0 Å². The predicted molar refractivity (Wildman–Crippen MR) is 141 cm³/mol. The molecule has 38 heavy (non-hydrogen) atoms. The Morgan fingerprint density at radius 2 is 1.39 bits per heavy atom. The molecule has 0 aliphatic carbocycles. The van der Waals surface area contributed by atoms with Gasteiger partial charge in [0, 0.05) is 6.08 Å². The van der Waals surface area contributed by atoms with E-state index in [-0.39, 0.29) is 17.1 Å². The van der Waals surface area contributed by atoms with E-state index in [4.69, 9.17) is 23.7 Å². The van der Waals surface area contributed by atoms with E-state index in [0.717, 1.165) is 18.1 Å². The van der Waals surface area contributed by atoms with Gasteiger partial charge in [-0.3, -0.25) is 0 Å². The van der Waals surface area contributed by atoms with E-state index in [9.17, 15) is 14.4 Å². The van der Waals surface area contributed by atoms with Crippen molar-refractivity contribution in [2.24, 2.45) is 0 Å². The van der Waals surface area contributed by atoms with Crippen LogP contribution in [0.5, 0.6) is 23.0 Å². The molecule has 8 nitrogen and oxygen atoms in total. The number of carbonyl (C=O) groups is 3. The minimum Gasteiger partial charge on any atom is -0.494 e. The largest absolute Gasteiger partial charge is 0.494 e. The van der Waals surface area contributed by atoms with E-state index in [0.29, 0.717) is 43.1 Å². The van der Waals surface area contributed by atoms with Crippen molar-refractivity contribution in [3.05, 3.63) is 96.1 Å². The van der Waals surface area contributed by atoms with Crippen LogP contribution >= 0.6 is 0 Å². The van der Waals surface area contributed by atoms with Gasteiger partial charge in [-0.15, -0.1) is 0 Å². The highest BCUT2D eigenvalue weighted by Gasteiger charge is 2.17. The van der Waals surface area contributed by atoms with E-state index in [1.807, 2.05) is 19.1 Å². The molecule has 3 rings (SSSR count). The lowest BCUT2D eigenvalue weighted by Gasteiger charge is -2.11. The van der Waals surface area contributed by atoms with Gasteiger partial charge in [0.15, 0.2) is 11.5 Å². The highest BCUT2D eigenvalue weighted by atomic mass is 16.6. The Hall–Kier alpha value is -4.59. The third kappa shape index (κ3) is 8.23. The van der Waals surface area contributed by atoms with Crippen molar-refractivity contribution < 1.29 is 38.1 Å². The number of unbranched alkanes of at least 4 members (excludes halogenated alkanes) is 1. The molecule has 0 atom stereocenters. The number of rotatable bonds is 13. The van der Waals surface area contributed by atoms with Gasteiger partial charge in [-0.1, -0.05) is 25.6 Å². The first-order chi connectivity index (χ1) is 18.4. The average Bonchev–Trinajstić information content (AvgIpc) is 2.95. The second-order valence-electron chi connectivity index (χ2n) is 8.09. The van der Waals surface area contributed by atoms with E-state index >= 15 is 0 Å². The van der Waals surface area contributed by atoms with Crippen molar-refractivity contribution in [2.75, 3.05) is 20.3 Å². The summed E-state index contributed by atoms with van der Waals surface area (Å²) in [7, 11) is 1.42. The molecule has 0 aliphatic rings. The van der Waals surface area contributed by atoms with Crippen LogP contribution in [0.3, 0.4) is 0 Å². The van der Waals surface area contributed by atoms with Gasteiger partial charge in [-0.2, -0.15) is 0 Å². The fraction of sp³-hybridized carbons (Fsp3) is 0.233. The molecule has 0 unspecified atom stereocenters. The molecule has 0 N–H and O–H groups in total. The van der Waals surface area contributed by atoms with Crippen LogP contribution in [0.2, 0.25) is 0 Å². The summed E-state index contributed by atoms with van der Waals surface area (Å²) in [6, 6.07) is 18.2. The quantitative estimate of drug-likeness (QED) is 0.125. The summed E-state index contributed by atoms with van der Waals surface area (Å²) in [6.07, 6.45) is 3.37. The normalized spacial score (nSPS) is 10.3. The zero-order chi connectivity index (χ0) is 27.3. The molecule has 0 radical (unpaired) electrons. The number of aryl methyl sites for hydroxylation is 1. The first-order valence-electron chi connectivity index (χ1n) is 12.2. The summed E-state index contributed by atoms with van der Waals surface area (Å²) in [4.78, 5) is 36.2. The number of esters is 3. The monoisotopic (exact) mass is 518 g/mol. The van der Waals surface area contributed by atoms with Crippen LogP contribution in [0.1, 0.15) is 46.0 Å². The lowest BCUT2D eigenvalue weighted by atomic mass is 10.1. The second kappa shape index (κ2) is 14.2. The highest BCUT2D eigenvalue weighted by Crippen LogP contribution is 2.29. The first kappa shape index (κ1) is 28.0. The van der Waals surface area contributed by atoms with Crippen LogP contribution in [0.4, 0.5) is 0 Å². The SMILES string of the molecule is C=CC(=O)OCCCCOc1ccc(C(=O)Oc2ccc(C(=O)Oc3ccc(CC)cc3)cc2OC)cc1. The molecule has 0 saturated heterocycles. The standard InChI is InChI=1S/C30H30O8/c1-4-21-8-13-25(14-9-21)37-30(33)23-12-17-26(27(20-23)34-3)38-29(32)22-10-15-24(16-11-22)35-18-6-7-19-36-28(31)5-2/h5,8-17,20H,2,4,6-7,18-19H2,1,3H3. The number of benzene rings is 3. The van der Waals surface area contributed by atoms with Gasteiger partial charge in [0.2, 0.25) is 0 Å². The predicted octanol–water partition coefficient (Wildman–Crippen LogP) is 5.58. The first-order valence-corrected chi connectivity index (χ1v) is 12.2. The Balaban J connectivity index is 1.53. The van der Waals surface area contributed by atoms with Crippen LogP contribution in [-0.2, 0) is 16.0 Å². The van der Waals surface area contributed by atoms with Gasteiger partial charge >= 0.3 is 17.9 Å². The fourth-order valence-electron chi connectivity index (χ4n) is 3.31. The number of methoxy groups -OCH3 is 1. The molecule has 0 heterocycles. The molecule has 0 saturated carbocycles. The Morgan fingerprint density at radius 1 is 0.763 bits per heavy atom. The Bertz CT molecular complexity index is 1250. The van der Waals surface area contributed by atoms with Crippen molar-refractivity contribution in [1.82, 2.24) is 0 Å². The van der Waals surface area contributed by atoms with Gasteiger partial charge in [-0.05, 0) is 79.4 Å². The molecule has 3 aromatic rings. The van der Waals surface area contributed by atoms with Crippen LogP contribution in [-0.4, -0.2) is 38.2 Å². The maximum Gasteiger partial charge on any atom is 0.343 e. The van der Waals surface area contributed by atoms with E-state index in [2.05, 4.69) is 6.58 Å². The number of hydrogen-bond acceptors (Lipinski definition) is 8. The van der Waals surface area contributed by atoms with E-state index in [1.54, 1.807) is 36.4 Å². The lowest BCUT2D eigenvalue weighted by Crippen LogP contribution is -2.11.